The zero-order valence-electron chi connectivity index (χ0n) is 24.3. The molecule has 1 amide bonds. The van der Waals surface area contributed by atoms with Gasteiger partial charge in [0.25, 0.3) is 5.56 Å². The van der Waals surface area contributed by atoms with E-state index in [4.69, 9.17) is 0 Å². The van der Waals surface area contributed by atoms with Crippen molar-refractivity contribution >= 4 is 17.2 Å². The second-order valence-corrected chi connectivity index (χ2v) is 13.6. The largest absolute Gasteiger partial charge is 0.387 e. The van der Waals surface area contributed by atoms with Crippen LogP contribution >= 0.6 is 0 Å². The predicted octanol–water partition coefficient (Wildman–Crippen LogP) is 3.76. The van der Waals surface area contributed by atoms with Crippen molar-refractivity contribution in [2.75, 3.05) is 38.2 Å². The minimum atomic E-state index is -1.10. The molecule has 2 aromatic carbocycles. The van der Waals surface area contributed by atoms with Crippen LogP contribution in [0.5, 0.6) is 0 Å². The van der Waals surface area contributed by atoms with Crippen molar-refractivity contribution in [2.24, 2.45) is 5.41 Å². The zero-order chi connectivity index (χ0) is 30.6. The third kappa shape index (κ3) is 6.78. The summed E-state index contributed by atoms with van der Waals surface area (Å²) in [5.41, 5.74) is 0.664. The number of hydrogen-bond acceptors (Lipinski definition) is 6. The summed E-state index contributed by atoms with van der Waals surface area (Å²) in [6.07, 6.45) is 7.30. The van der Waals surface area contributed by atoms with Crippen LogP contribution in [0.15, 0.2) is 65.7 Å². The molecule has 3 atom stereocenters. The Hall–Kier alpha value is -3.28. The first-order valence-corrected chi connectivity index (χ1v) is 16.2. The molecule has 3 fully saturated rings. The number of carbonyl (C=O) groups is 1. The molecule has 3 aliphatic rings. The van der Waals surface area contributed by atoms with Gasteiger partial charge in [-0.05, 0) is 44.5 Å². The summed E-state index contributed by atoms with van der Waals surface area (Å²) in [5, 5.41) is 11.6. The van der Waals surface area contributed by atoms with E-state index in [1.165, 1.54) is 4.90 Å². The van der Waals surface area contributed by atoms with Gasteiger partial charge in [0.2, 0.25) is 6.41 Å². The van der Waals surface area contributed by atoms with Crippen LogP contribution in [0.1, 0.15) is 43.7 Å². The molecule has 230 valence electrons. The third-order valence-corrected chi connectivity index (χ3v) is 10.5. The van der Waals surface area contributed by atoms with Gasteiger partial charge >= 0.3 is 0 Å². The molecule has 11 heteroatoms. The fourth-order valence-corrected chi connectivity index (χ4v) is 8.09. The van der Waals surface area contributed by atoms with Gasteiger partial charge in [0.05, 0.1) is 30.2 Å². The van der Waals surface area contributed by atoms with Crippen molar-refractivity contribution in [1.29, 1.82) is 0 Å². The molecule has 1 aromatic heterocycles. The van der Waals surface area contributed by atoms with E-state index in [1.54, 1.807) is 17.0 Å². The fourth-order valence-electron chi connectivity index (χ4n) is 6.78. The van der Waals surface area contributed by atoms with Crippen molar-refractivity contribution < 1.29 is 22.9 Å². The number of nitrogens with zero attached hydrogens (tertiary/aromatic N) is 4. The molecule has 3 aromatic rings. The molecule has 1 N–H and O–H groups in total. The molecule has 1 aliphatic carbocycles. The number of rotatable bonds is 5. The second-order valence-electron chi connectivity index (χ2n) is 11.9. The van der Waals surface area contributed by atoms with Crippen molar-refractivity contribution in [3.05, 3.63) is 88.5 Å². The molecule has 6 rings (SSSR count). The zero-order valence-corrected chi connectivity index (χ0v) is 25.1. The molecule has 0 bridgehead atoms. The molecular formula is C32H38F2N4O4S. The maximum atomic E-state index is 13.6. The van der Waals surface area contributed by atoms with Crippen LogP contribution in [0.25, 0.3) is 11.3 Å². The normalized spacial score (nSPS) is 25.3. The van der Waals surface area contributed by atoms with Crippen LogP contribution in [-0.2, 0) is 22.1 Å². The Morgan fingerprint density at radius 2 is 1.81 bits per heavy atom. The molecule has 1 spiro atoms. The van der Waals surface area contributed by atoms with E-state index >= 15 is 0 Å². The van der Waals surface area contributed by atoms with Crippen molar-refractivity contribution in [3.63, 3.8) is 0 Å². The van der Waals surface area contributed by atoms with E-state index in [-0.39, 0.29) is 22.3 Å². The van der Waals surface area contributed by atoms with E-state index in [1.807, 2.05) is 30.3 Å². The number of halogens is 2. The lowest BCUT2D eigenvalue weighted by Gasteiger charge is -2.51. The number of amides is 1. The van der Waals surface area contributed by atoms with E-state index in [0.29, 0.717) is 37.4 Å². The van der Waals surface area contributed by atoms with Crippen LogP contribution in [0, 0.1) is 17.0 Å². The summed E-state index contributed by atoms with van der Waals surface area (Å²) in [6.45, 7) is 2.41. The molecule has 43 heavy (non-hydrogen) atoms. The number of aromatic nitrogens is 2. The van der Waals surface area contributed by atoms with Crippen molar-refractivity contribution in [1.82, 2.24) is 19.4 Å². The van der Waals surface area contributed by atoms with Crippen LogP contribution in [0.4, 0.5) is 8.78 Å². The van der Waals surface area contributed by atoms with E-state index in [2.05, 4.69) is 16.9 Å². The van der Waals surface area contributed by atoms with Gasteiger partial charge in [-0.1, -0.05) is 43.2 Å². The number of hydrogen-bond donors (Lipinski definition) is 1. The van der Waals surface area contributed by atoms with E-state index < -0.39 is 34.1 Å². The van der Waals surface area contributed by atoms with E-state index in [9.17, 15) is 27.7 Å². The molecule has 3 heterocycles. The first-order chi connectivity index (χ1) is 20.6. The Morgan fingerprint density at radius 1 is 1.07 bits per heavy atom. The van der Waals surface area contributed by atoms with E-state index in [0.717, 1.165) is 62.5 Å². The summed E-state index contributed by atoms with van der Waals surface area (Å²) < 4.78 is 39.7. The Balaban J connectivity index is 0.000000188. The molecular weight excluding hydrogens is 574 g/mol. The number of carbonyl (C=O) groups excluding carboxylic acids is 1. The Labute approximate surface area is 252 Å². The summed E-state index contributed by atoms with van der Waals surface area (Å²) in [7, 11) is 1.03. The van der Waals surface area contributed by atoms with Gasteiger partial charge in [0.15, 0.2) is 0 Å². The molecule has 3 unspecified atom stereocenters. The number of piperidine rings is 1. The molecule has 2 aliphatic heterocycles. The van der Waals surface area contributed by atoms with Gasteiger partial charge in [-0.3, -0.25) is 18.4 Å². The van der Waals surface area contributed by atoms with Gasteiger partial charge < -0.3 is 14.9 Å². The smallest absolute Gasteiger partial charge is 0.253 e. The topological polar surface area (TPSA) is 95.7 Å². The Bertz CT molecular complexity index is 1510. The highest BCUT2D eigenvalue weighted by Gasteiger charge is 2.54. The van der Waals surface area contributed by atoms with Crippen molar-refractivity contribution in [2.45, 2.75) is 50.3 Å². The predicted molar refractivity (Wildman–Crippen MR) is 162 cm³/mol. The number of benzene rings is 2. The summed E-state index contributed by atoms with van der Waals surface area (Å²) in [4.78, 5) is 31.7. The summed E-state index contributed by atoms with van der Waals surface area (Å²) in [6, 6.07) is 13.7. The average molecular weight is 613 g/mol. The second kappa shape index (κ2) is 13.2. The van der Waals surface area contributed by atoms with Gasteiger partial charge in [-0.2, -0.15) is 0 Å². The van der Waals surface area contributed by atoms with Gasteiger partial charge in [-0.25, -0.2) is 13.8 Å². The quantitative estimate of drug-likeness (QED) is 0.441. The van der Waals surface area contributed by atoms with Gasteiger partial charge in [0, 0.05) is 64.5 Å². The first kappa shape index (κ1) is 31.2. The molecule has 8 nitrogen and oxygen atoms in total. The molecule has 0 radical (unpaired) electrons. The standard InChI is InChI=1S/C21H27N3O2.C11H11F2NO2S/c1-23-12-11-21(26,20(14-23)9-5-6-10-20)15-24-16-22-18(13-19(24)25)17-7-3-2-4-8-17;12-8-1-2-10(13)9(5-8)11-6-17(16)4-3-14(11)7-15/h2-4,7-8,13,16,26H,5-6,9-12,14-15H2,1H3;1-2,5,7,11H,3-4,6H2. The highest BCUT2D eigenvalue weighted by molar-refractivity contribution is 7.85. The maximum absolute atomic E-state index is 13.6. The number of aliphatic hydroxyl groups is 1. The Kier molecular flexibility index (Phi) is 9.53. The number of likely N-dealkylation sites (tertiary alicyclic amines) is 1. The van der Waals surface area contributed by atoms with Crippen LogP contribution < -0.4 is 5.56 Å². The molecule has 2 saturated heterocycles. The van der Waals surface area contributed by atoms with Crippen molar-refractivity contribution in [3.8, 4) is 11.3 Å². The monoisotopic (exact) mass is 612 g/mol. The molecule has 1 saturated carbocycles. The highest BCUT2D eigenvalue weighted by atomic mass is 32.2. The lowest BCUT2D eigenvalue weighted by atomic mass is 9.66. The minimum Gasteiger partial charge on any atom is -0.387 e. The van der Waals surface area contributed by atoms with Gasteiger partial charge in [-0.15, -0.1) is 0 Å². The lowest BCUT2D eigenvalue weighted by Crippen LogP contribution is -2.60. The Morgan fingerprint density at radius 3 is 2.51 bits per heavy atom. The van der Waals surface area contributed by atoms with Gasteiger partial charge in [0.1, 0.15) is 11.6 Å². The third-order valence-electron chi connectivity index (χ3n) is 9.18. The SMILES string of the molecule is CN1CCC(O)(Cn2cnc(-c3ccccc3)cc2=O)C2(CCCC2)C1.O=CN1CCS(=O)CC1c1cc(F)ccc1F. The highest BCUT2D eigenvalue weighted by Crippen LogP contribution is 2.51. The maximum Gasteiger partial charge on any atom is 0.253 e. The summed E-state index contributed by atoms with van der Waals surface area (Å²) >= 11 is 0. The van der Waals surface area contributed by atoms with Crippen LogP contribution in [0.3, 0.4) is 0 Å². The lowest BCUT2D eigenvalue weighted by molar-refractivity contribution is -0.139. The first-order valence-electron chi connectivity index (χ1n) is 14.7. The van der Waals surface area contributed by atoms with Crippen LogP contribution in [-0.4, -0.2) is 78.9 Å². The van der Waals surface area contributed by atoms with Crippen LogP contribution in [0.2, 0.25) is 0 Å². The fraction of sp³-hybridized carbons (Fsp3) is 0.469. The summed E-state index contributed by atoms with van der Waals surface area (Å²) in [5.74, 6) is -0.614. The minimum absolute atomic E-state index is 0.0881. The average Bonchev–Trinajstić information content (AvgIpc) is 3.48.